The van der Waals surface area contributed by atoms with Crippen molar-refractivity contribution in [2.75, 3.05) is 5.73 Å². The molecule has 0 aromatic carbocycles. The largest absolute Gasteiger partial charge is 0.382 e. The predicted octanol–water partition coefficient (Wildman–Crippen LogP) is 2.72. The van der Waals surface area contributed by atoms with E-state index in [1.54, 1.807) is 0 Å². The second-order valence-electron chi connectivity index (χ2n) is 4.54. The summed E-state index contributed by atoms with van der Waals surface area (Å²) in [5.74, 6) is 2.95. The van der Waals surface area contributed by atoms with E-state index < -0.39 is 0 Å². The minimum absolute atomic E-state index is 0.628. The van der Waals surface area contributed by atoms with E-state index in [0.29, 0.717) is 6.04 Å². The van der Waals surface area contributed by atoms with Gasteiger partial charge in [0, 0.05) is 17.1 Å². The molecule has 82 valence electrons. The number of rotatable bonds is 1. The van der Waals surface area contributed by atoms with Crippen molar-refractivity contribution < 1.29 is 0 Å². The average Bonchev–Trinajstić information content (AvgIpc) is 2.84. The third-order valence-corrected chi connectivity index (χ3v) is 4.53. The summed E-state index contributed by atoms with van der Waals surface area (Å²) < 4.78 is 2.24. The summed E-state index contributed by atoms with van der Waals surface area (Å²) in [4.78, 5) is 0. The molecule has 0 atom stereocenters. The first-order valence-electron chi connectivity index (χ1n) is 5.80. The maximum atomic E-state index is 5.95. The Morgan fingerprint density at radius 3 is 2.80 bits per heavy atom. The van der Waals surface area contributed by atoms with Gasteiger partial charge in [-0.3, -0.25) is 4.68 Å². The highest BCUT2D eigenvalue weighted by Crippen LogP contribution is 2.38. The maximum Gasteiger partial charge on any atom is 0.149 e. The quantitative estimate of drug-likeness (QED) is 0.796. The molecular formula is C11H17N3S. The van der Waals surface area contributed by atoms with Crippen LogP contribution in [0.4, 0.5) is 5.82 Å². The molecule has 2 N–H and O–H groups in total. The van der Waals surface area contributed by atoms with Gasteiger partial charge in [0.1, 0.15) is 5.82 Å². The molecule has 1 fully saturated rings. The van der Waals surface area contributed by atoms with Crippen LogP contribution >= 0.6 is 11.8 Å². The SMILES string of the molecule is Nc1nn(C2CCCCC2)c2c1CSC2. The van der Waals surface area contributed by atoms with Crippen molar-refractivity contribution in [3.05, 3.63) is 11.3 Å². The zero-order chi connectivity index (χ0) is 10.3. The highest BCUT2D eigenvalue weighted by atomic mass is 32.2. The Kier molecular flexibility index (Phi) is 2.39. The molecule has 1 aromatic rings. The van der Waals surface area contributed by atoms with Crippen LogP contribution in [0.2, 0.25) is 0 Å². The molecule has 1 aliphatic carbocycles. The van der Waals surface area contributed by atoms with Crippen molar-refractivity contribution in [3.8, 4) is 0 Å². The van der Waals surface area contributed by atoms with Crippen molar-refractivity contribution in [3.63, 3.8) is 0 Å². The van der Waals surface area contributed by atoms with Crippen LogP contribution < -0.4 is 5.73 Å². The lowest BCUT2D eigenvalue weighted by atomic mass is 9.95. The molecule has 2 aliphatic rings. The van der Waals surface area contributed by atoms with Gasteiger partial charge in [-0.25, -0.2) is 0 Å². The summed E-state index contributed by atoms with van der Waals surface area (Å²) >= 11 is 1.96. The lowest BCUT2D eigenvalue weighted by molar-refractivity contribution is 0.325. The molecule has 0 spiro atoms. The van der Waals surface area contributed by atoms with Gasteiger partial charge >= 0.3 is 0 Å². The lowest BCUT2D eigenvalue weighted by Gasteiger charge is -2.23. The number of nitrogens with zero attached hydrogens (tertiary/aromatic N) is 2. The standard InChI is InChI=1S/C11H17N3S/c12-11-9-6-15-7-10(9)14(13-11)8-4-2-1-3-5-8/h8H,1-7H2,(H2,12,13). The molecule has 1 aliphatic heterocycles. The maximum absolute atomic E-state index is 5.95. The number of hydrogen-bond donors (Lipinski definition) is 1. The number of anilines is 1. The fourth-order valence-electron chi connectivity index (χ4n) is 2.71. The van der Waals surface area contributed by atoms with Crippen LogP contribution in [0.1, 0.15) is 49.4 Å². The van der Waals surface area contributed by atoms with E-state index in [1.807, 2.05) is 11.8 Å². The fraction of sp³-hybridized carbons (Fsp3) is 0.727. The van der Waals surface area contributed by atoms with Crippen LogP contribution in [0.15, 0.2) is 0 Å². The van der Waals surface area contributed by atoms with Crippen LogP contribution in [0.3, 0.4) is 0 Å². The Hall–Kier alpha value is -0.640. The normalized spacial score (nSPS) is 21.9. The fourth-order valence-corrected chi connectivity index (χ4v) is 3.83. The van der Waals surface area contributed by atoms with Crippen molar-refractivity contribution in [1.29, 1.82) is 0 Å². The molecule has 0 radical (unpaired) electrons. The van der Waals surface area contributed by atoms with Gasteiger partial charge in [0.25, 0.3) is 0 Å². The molecule has 1 saturated carbocycles. The van der Waals surface area contributed by atoms with Gasteiger partial charge in [-0.15, -0.1) is 0 Å². The molecule has 0 unspecified atom stereocenters. The topological polar surface area (TPSA) is 43.8 Å². The smallest absolute Gasteiger partial charge is 0.149 e. The predicted molar refractivity (Wildman–Crippen MR) is 63.8 cm³/mol. The number of nitrogen functional groups attached to an aromatic ring is 1. The first kappa shape index (κ1) is 9.58. The summed E-state index contributed by atoms with van der Waals surface area (Å²) in [6, 6.07) is 0.628. The zero-order valence-electron chi connectivity index (χ0n) is 8.91. The summed E-state index contributed by atoms with van der Waals surface area (Å²) in [5.41, 5.74) is 8.67. The number of fused-ring (bicyclic) bond motifs is 1. The number of thioether (sulfide) groups is 1. The van der Waals surface area contributed by atoms with Crippen LogP contribution in [0.5, 0.6) is 0 Å². The third-order valence-electron chi connectivity index (χ3n) is 3.56. The zero-order valence-corrected chi connectivity index (χ0v) is 9.72. The second-order valence-corrected chi connectivity index (χ2v) is 5.53. The lowest BCUT2D eigenvalue weighted by Crippen LogP contribution is -2.16. The molecule has 0 bridgehead atoms. The number of aromatic nitrogens is 2. The number of hydrogen-bond acceptors (Lipinski definition) is 3. The highest BCUT2D eigenvalue weighted by Gasteiger charge is 2.26. The van der Waals surface area contributed by atoms with Gasteiger partial charge in [0.2, 0.25) is 0 Å². The van der Waals surface area contributed by atoms with Gasteiger partial charge in [0.05, 0.1) is 11.7 Å². The van der Waals surface area contributed by atoms with E-state index in [4.69, 9.17) is 5.73 Å². The second kappa shape index (κ2) is 3.74. The molecule has 3 nitrogen and oxygen atoms in total. The van der Waals surface area contributed by atoms with Gasteiger partial charge in [0.15, 0.2) is 0 Å². The third kappa shape index (κ3) is 1.55. The minimum Gasteiger partial charge on any atom is -0.382 e. The van der Waals surface area contributed by atoms with Gasteiger partial charge in [-0.05, 0) is 12.8 Å². The van der Waals surface area contributed by atoms with Crippen molar-refractivity contribution in [2.45, 2.75) is 49.7 Å². The Labute approximate surface area is 94.4 Å². The minimum atomic E-state index is 0.628. The first-order valence-corrected chi connectivity index (χ1v) is 6.95. The molecule has 2 heterocycles. The molecule has 0 saturated heterocycles. The summed E-state index contributed by atoms with van der Waals surface area (Å²) in [7, 11) is 0. The van der Waals surface area contributed by atoms with Gasteiger partial charge in [-0.1, -0.05) is 19.3 Å². The van der Waals surface area contributed by atoms with E-state index in [-0.39, 0.29) is 0 Å². The summed E-state index contributed by atoms with van der Waals surface area (Å²) in [6.45, 7) is 0. The summed E-state index contributed by atoms with van der Waals surface area (Å²) in [5, 5.41) is 4.54. The average molecular weight is 223 g/mol. The van der Waals surface area contributed by atoms with Gasteiger partial charge in [-0.2, -0.15) is 16.9 Å². The molecule has 1 aromatic heterocycles. The molecule has 15 heavy (non-hydrogen) atoms. The van der Waals surface area contributed by atoms with E-state index in [1.165, 1.54) is 43.4 Å². The van der Waals surface area contributed by atoms with E-state index in [0.717, 1.165) is 17.3 Å². The van der Waals surface area contributed by atoms with Crippen LogP contribution in [0.25, 0.3) is 0 Å². The highest BCUT2D eigenvalue weighted by molar-refractivity contribution is 7.98. The van der Waals surface area contributed by atoms with Crippen molar-refractivity contribution in [2.24, 2.45) is 0 Å². The van der Waals surface area contributed by atoms with E-state index in [2.05, 4.69) is 9.78 Å². The monoisotopic (exact) mass is 223 g/mol. The first-order chi connectivity index (χ1) is 7.36. The Balaban J connectivity index is 1.93. The Bertz CT molecular complexity index is 366. The Morgan fingerprint density at radius 1 is 1.20 bits per heavy atom. The number of nitrogens with two attached hydrogens (primary N) is 1. The van der Waals surface area contributed by atoms with E-state index in [9.17, 15) is 0 Å². The van der Waals surface area contributed by atoms with E-state index >= 15 is 0 Å². The Morgan fingerprint density at radius 2 is 2.00 bits per heavy atom. The van der Waals surface area contributed by atoms with Crippen LogP contribution in [-0.2, 0) is 11.5 Å². The molecule has 3 rings (SSSR count). The van der Waals surface area contributed by atoms with Crippen LogP contribution in [-0.4, -0.2) is 9.78 Å². The van der Waals surface area contributed by atoms with Crippen molar-refractivity contribution in [1.82, 2.24) is 9.78 Å². The summed E-state index contributed by atoms with van der Waals surface area (Å²) in [6.07, 6.45) is 6.68. The van der Waals surface area contributed by atoms with Crippen LogP contribution in [0, 0.1) is 0 Å². The van der Waals surface area contributed by atoms with Gasteiger partial charge < -0.3 is 5.73 Å². The van der Waals surface area contributed by atoms with Crippen molar-refractivity contribution >= 4 is 17.6 Å². The molecule has 0 amide bonds. The molecular weight excluding hydrogens is 206 g/mol. The molecule has 4 heteroatoms.